The van der Waals surface area contributed by atoms with Crippen molar-refractivity contribution in [2.75, 3.05) is 13.2 Å². The van der Waals surface area contributed by atoms with Crippen LogP contribution in [0.2, 0.25) is 0 Å². The maximum atomic E-state index is 12.8. The molecule has 0 saturated heterocycles. The molecule has 0 saturated carbocycles. The Morgan fingerprint density at radius 3 is 0.803 bits per heavy atom. The van der Waals surface area contributed by atoms with Crippen molar-refractivity contribution in [2.24, 2.45) is 0 Å². The van der Waals surface area contributed by atoms with Crippen LogP contribution in [0, 0.1) is 0 Å². The molecule has 0 N–H and O–H groups in total. The molecule has 0 aliphatic carbocycles. The summed E-state index contributed by atoms with van der Waals surface area (Å²) >= 11 is 0. The highest BCUT2D eigenvalue weighted by atomic mass is 16.6. The molecule has 0 aromatic carbocycles. The average Bonchev–Trinajstić information content (AvgIpc) is 3.42. The van der Waals surface area contributed by atoms with Gasteiger partial charge >= 0.3 is 17.9 Å². The van der Waals surface area contributed by atoms with Crippen molar-refractivity contribution in [2.45, 2.75) is 367 Å². The first-order chi connectivity index (χ1) is 37.5. The van der Waals surface area contributed by atoms with E-state index in [1.807, 2.05) is 0 Å². The Balaban J connectivity index is 3.97. The van der Waals surface area contributed by atoms with Gasteiger partial charge in [-0.15, -0.1) is 0 Å². The van der Waals surface area contributed by atoms with Gasteiger partial charge in [0.15, 0.2) is 6.10 Å². The van der Waals surface area contributed by atoms with Gasteiger partial charge in [0.05, 0.1) is 0 Å². The van der Waals surface area contributed by atoms with Crippen molar-refractivity contribution in [1.29, 1.82) is 0 Å². The Bertz CT molecular complexity index is 1310. The Kier molecular flexibility index (Phi) is 62.6. The number of hydrogen-bond acceptors (Lipinski definition) is 6. The van der Waals surface area contributed by atoms with Gasteiger partial charge in [-0.1, -0.05) is 333 Å². The Hall–Kier alpha value is -2.63. The quantitative estimate of drug-likeness (QED) is 0.0261. The molecule has 6 nitrogen and oxygen atoms in total. The SMILES string of the molecule is CC/C=C\C/C=C\C/C=C\C/C=C\CCCCCCCCCCCCCCCCCCCCCCCCC(=O)OCC(COC(=O)CCCCCCCCCCCC)OC(=O)CCCCCCCCCCCCCCC. The van der Waals surface area contributed by atoms with Crippen LogP contribution in [0.3, 0.4) is 0 Å². The monoisotopic (exact) mass is 1060 g/mol. The van der Waals surface area contributed by atoms with Crippen LogP contribution >= 0.6 is 0 Å². The number of esters is 3. The molecule has 0 heterocycles. The lowest BCUT2D eigenvalue weighted by Gasteiger charge is -2.18. The summed E-state index contributed by atoms with van der Waals surface area (Å²) in [5.74, 6) is -0.842. The summed E-state index contributed by atoms with van der Waals surface area (Å²) in [5.41, 5.74) is 0. The molecule has 0 aromatic rings. The van der Waals surface area contributed by atoms with E-state index in [2.05, 4.69) is 69.4 Å². The van der Waals surface area contributed by atoms with Crippen LogP contribution in [0.4, 0.5) is 0 Å². The van der Waals surface area contributed by atoms with E-state index in [1.165, 1.54) is 238 Å². The fourth-order valence-electron chi connectivity index (χ4n) is 10.1. The van der Waals surface area contributed by atoms with E-state index in [-0.39, 0.29) is 31.1 Å². The van der Waals surface area contributed by atoms with Gasteiger partial charge < -0.3 is 14.2 Å². The van der Waals surface area contributed by atoms with Crippen LogP contribution in [-0.2, 0) is 28.6 Å². The molecule has 0 aromatic heterocycles. The first-order valence-corrected chi connectivity index (χ1v) is 33.6. The van der Waals surface area contributed by atoms with Crippen LogP contribution in [0.15, 0.2) is 48.6 Å². The number of rotatable bonds is 62. The van der Waals surface area contributed by atoms with Gasteiger partial charge in [-0.05, 0) is 57.8 Å². The minimum absolute atomic E-state index is 0.0649. The summed E-state index contributed by atoms with van der Waals surface area (Å²) < 4.78 is 16.9. The van der Waals surface area contributed by atoms with Crippen LogP contribution in [0.25, 0.3) is 0 Å². The molecule has 0 amide bonds. The number of unbranched alkanes of at least 4 members (excludes halogenated alkanes) is 43. The van der Waals surface area contributed by atoms with E-state index >= 15 is 0 Å². The first kappa shape index (κ1) is 73.4. The van der Waals surface area contributed by atoms with Crippen molar-refractivity contribution in [3.05, 3.63) is 48.6 Å². The number of carbonyl (C=O) groups is 3. The van der Waals surface area contributed by atoms with E-state index in [9.17, 15) is 14.4 Å². The van der Waals surface area contributed by atoms with Gasteiger partial charge in [0.2, 0.25) is 0 Å². The predicted molar refractivity (Wildman–Crippen MR) is 330 cm³/mol. The second-order valence-corrected chi connectivity index (χ2v) is 22.7. The summed E-state index contributed by atoms with van der Waals surface area (Å²) in [6.07, 6.45) is 81.6. The third-order valence-corrected chi connectivity index (χ3v) is 15.1. The number of hydrogen-bond donors (Lipinski definition) is 0. The van der Waals surface area contributed by atoms with Gasteiger partial charge in [0, 0.05) is 19.3 Å². The summed E-state index contributed by atoms with van der Waals surface area (Å²) in [5, 5.41) is 0. The molecule has 0 bridgehead atoms. The second kappa shape index (κ2) is 64.9. The van der Waals surface area contributed by atoms with Crippen molar-refractivity contribution >= 4 is 17.9 Å². The molecule has 0 aliphatic rings. The lowest BCUT2D eigenvalue weighted by Crippen LogP contribution is -2.30. The molecule has 76 heavy (non-hydrogen) atoms. The van der Waals surface area contributed by atoms with E-state index in [1.54, 1.807) is 0 Å². The summed E-state index contributed by atoms with van der Waals surface area (Å²) in [6, 6.07) is 0. The molecule has 0 aliphatic heterocycles. The lowest BCUT2D eigenvalue weighted by atomic mass is 10.0. The molecule has 6 heteroatoms. The largest absolute Gasteiger partial charge is 0.462 e. The molecular weight excluding hydrogens is 937 g/mol. The standard InChI is InChI=1S/C70H128O6/c1-4-7-10-13-16-19-22-24-25-26-27-28-29-30-31-32-33-34-35-36-37-38-39-40-41-42-43-44-45-47-48-51-54-57-60-63-69(72)75-66-67(65-74-68(71)62-59-56-53-50-21-18-15-12-9-6-3)76-70(73)64-61-58-55-52-49-46-23-20-17-14-11-8-5-2/h7,10,16,19,24-25,27-28,67H,4-6,8-9,11-15,17-18,20-23,26,29-66H2,1-3H3/b10-7-,19-16-,25-24-,28-27-. The Labute approximate surface area is 473 Å². The molecule has 0 radical (unpaired) electrons. The molecule has 1 atom stereocenters. The van der Waals surface area contributed by atoms with Gasteiger partial charge in [-0.25, -0.2) is 0 Å². The van der Waals surface area contributed by atoms with Gasteiger partial charge in [-0.2, -0.15) is 0 Å². The third-order valence-electron chi connectivity index (χ3n) is 15.1. The van der Waals surface area contributed by atoms with E-state index in [0.29, 0.717) is 19.3 Å². The van der Waals surface area contributed by atoms with Crippen molar-refractivity contribution in [1.82, 2.24) is 0 Å². The normalized spacial score (nSPS) is 12.3. The highest BCUT2D eigenvalue weighted by Gasteiger charge is 2.19. The van der Waals surface area contributed by atoms with Crippen LogP contribution in [0.1, 0.15) is 361 Å². The van der Waals surface area contributed by atoms with Crippen LogP contribution < -0.4 is 0 Å². The zero-order valence-electron chi connectivity index (χ0n) is 51.0. The van der Waals surface area contributed by atoms with Crippen molar-refractivity contribution in [3.8, 4) is 0 Å². The first-order valence-electron chi connectivity index (χ1n) is 33.6. The number of carbonyl (C=O) groups excluding carboxylic acids is 3. The zero-order chi connectivity index (χ0) is 55.0. The van der Waals surface area contributed by atoms with Crippen molar-refractivity contribution < 1.29 is 28.6 Å². The highest BCUT2D eigenvalue weighted by Crippen LogP contribution is 2.18. The third kappa shape index (κ3) is 62.2. The smallest absolute Gasteiger partial charge is 0.306 e. The molecular formula is C70H128O6. The minimum atomic E-state index is -0.765. The molecule has 0 spiro atoms. The van der Waals surface area contributed by atoms with Crippen molar-refractivity contribution in [3.63, 3.8) is 0 Å². The van der Waals surface area contributed by atoms with E-state index in [0.717, 1.165) is 83.5 Å². The second-order valence-electron chi connectivity index (χ2n) is 22.7. The Morgan fingerprint density at radius 1 is 0.276 bits per heavy atom. The van der Waals surface area contributed by atoms with Gasteiger partial charge in [0.1, 0.15) is 13.2 Å². The fraction of sp³-hybridized carbons (Fsp3) is 0.843. The predicted octanol–water partition coefficient (Wildman–Crippen LogP) is 22.9. The maximum Gasteiger partial charge on any atom is 0.306 e. The lowest BCUT2D eigenvalue weighted by molar-refractivity contribution is -0.167. The summed E-state index contributed by atoms with van der Waals surface area (Å²) in [4.78, 5) is 38.1. The number of allylic oxidation sites excluding steroid dienone is 8. The van der Waals surface area contributed by atoms with Crippen LogP contribution in [-0.4, -0.2) is 37.2 Å². The molecule has 444 valence electrons. The zero-order valence-corrected chi connectivity index (χ0v) is 51.0. The molecule has 0 fully saturated rings. The van der Waals surface area contributed by atoms with Gasteiger partial charge in [0.25, 0.3) is 0 Å². The van der Waals surface area contributed by atoms with E-state index in [4.69, 9.17) is 14.2 Å². The Morgan fingerprint density at radius 2 is 0.513 bits per heavy atom. The summed E-state index contributed by atoms with van der Waals surface area (Å²) in [6.45, 7) is 6.56. The topological polar surface area (TPSA) is 78.9 Å². The molecule has 1 unspecified atom stereocenters. The minimum Gasteiger partial charge on any atom is -0.462 e. The maximum absolute atomic E-state index is 12.8. The molecule has 0 rings (SSSR count). The number of ether oxygens (including phenoxy) is 3. The summed E-state index contributed by atoms with van der Waals surface area (Å²) in [7, 11) is 0. The highest BCUT2D eigenvalue weighted by molar-refractivity contribution is 5.71. The average molecular weight is 1070 g/mol. The van der Waals surface area contributed by atoms with Gasteiger partial charge in [-0.3, -0.25) is 14.4 Å². The van der Waals surface area contributed by atoms with E-state index < -0.39 is 6.10 Å². The van der Waals surface area contributed by atoms with Crippen LogP contribution in [0.5, 0.6) is 0 Å². The fourth-order valence-corrected chi connectivity index (χ4v) is 10.1.